The first-order chi connectivity index (χ1) is 8.36. The monoisotopic (exact) mass is 230 g/mol. The lowest BCUT2D eigenvalue weighted by Gasteiger charge is -2.24. The fourth-order valence-electron chi connectivity index (χ4n) is 2.90. The van der Waals surface area contributed by atoms with Gasteiger partial charge in [-0.2, -0.15) is 0 Å². The van der Waals surface area contributed by atoms with Crippen LogP contribution in [-0.4, -0.2) is 25.2 Å². The molecule has 1 fully saturated rings. The van der Waals surface area contributed by atoms with Crippen LogP contribution in [0.2, 0.25) is 0 Å². The van der Waals surface area contributed by atoms with Gasteiger partial charge in [0.25, 0.3) is 0 Å². The number of aromatic nitrogens is 1. The van der Waals surface area contributed by atoms with Gasteiger partial charge in [-0.15, -0.1) is 0 Å². The second-order valence-electron chi connectivity index (χ2n) is 4.96. The first-order valence-corrected chi connectivity index (χ1v) is 6.26. The summed E-state index contributed by atoms with van der Waals surface area (Å²) >= 11 is 0. The molecule has 1 N–H and O–H groups in total. The number of rotatable bonds is 2. The molecule has 0 saturated carbocycles. The molecule has 0 aromatic carbocycles. The van der Waals surface area contributed by atoms with Crippen molar-refractivity contribution in [2.24, 2.45) is 11.8 Å². The molecule has 1 saturated heterocycles. The van der Waals surface area contributed by atoms with Crippen LogP contribution in [0.4, 0.5) is 0 Å². The molecule has 3 nitrogen and oxygen atoms in total. The van der Waals surface area contributed by atoms with Crippen molar-refractivity contribution in [1.82, 2.24) is 10.3 Å². The Morgan fingerprint density at radius 2 is 2.18 bits per heavy atom. The Morgan fingerprint density at radius 3 is 3.06 bits per heavy atom. The first kappa shape index (κ1) is 10.8. The van der Waals surface area contributed by atoms with Crippen molar-refractivity contribution < 1.29 is 4.74 Å². The number of ether oxygens (including phenoxy) is 1. The lowest BCUT2D eigenvalue weighted by molar-refractivity contribution is 0.411. The largest absolute Gasteiger partial charge is 0.495 e. The molecule has 3 rings (SSSR count). The van der Waals surface area contributed by atoms with E-state index in [0.29, 0.717) is 0 Å². The van der Waals surface area contributed by atoms with Crippen LogP contribution in [0.5, 0.6) is 5.75 Å². The van der Waals surface area contributed by atoms with Gasteiger partial charge in [0.05, 0.1) is 13.3 Å². The SMILES string of the molecule is COc1cncc(C2=CCC3CNCC3C2)c1. The molecular weight excluding hydrogens is 212 g/mol. The van der Waals surface area contributed by atoms with Crippen LogP contribution in [-0.2, 0) is 0 Å². The molecule has 3 heteroatoms. The second kappa shape index (κ2) is 4.49. The van der Waals surface area contributed by atoms with E-state index < -0.39 is 0 Å². The van der Waals surface area contributed by atoms with Crippen LogP contribution in [0, 0.1) is 11.8 Å². The molecule has 0 bridgehead atoms. The molecule has 0 amide bonds. The second-order valence-corrected chi connectivity index (χ2v) is 4.96. The van der Waals surface area contributed by atoms with Gasteiger partial charge in [-0.05, 0) is 55.0 Å². The summed E-state index contributed by atoms with van der Waals surface area (Å²) in [5.41, 5.74) is 2.65. The van der Waals surface area contributed by atoms with E-state index in [9.17, 15) is 0 Å². The number of hydrogen-bond acceptors (Lipinski definition) is 3. The van der Waals surface area contributed by atoms with Crippen LogP contribution in [0.15, 0.2) is 24.5 Å². The maximum atomic E-state index is 5.23. The van der Waals surface area contributed by atoms with Crippen molar-refractivity contribution in [3.8, 4) is 5.75 Å². The molecule has 1 aliphatic carbocycles. The number of allylic oxidation sites excluding steroid dienone is 2. The van der Waals surface area contributed by atoms with E-state index in [1.165, 1.54) is 37.1 Å². The Morgan fingerprint density at radius 1 is 1.29 bits per heavy atom. The van der Waals surface area contributed by atoms with Crippen molar-refractivity contribution in [1.29, 1.82) is 0 Å². The van der Waals surface area contributed by atoms with Gasteiger partial charge in [0, 0.05) is 6.20 Å². The lowest BCUT2D eigenvalue weighted by Crippen LogP contribution is -2.16. The molecule has 2 aliphatic rings. The molecule has 1 aromatic heterocycles. The van der Waals surface area contributed by atoms with Gasteiger partial charge < -0.3 is 10.1 Å². The smallest absolute Gasteiger partial charge is 0.137 e. The third kappa shape index (κ3) is 2.07. The minimum Gasteiger partial charge on any atom is -0.495 e. The van der Waals surface area contributed by atoms with E-state index in [1.807, 2.05) is 6.20 Å². The van der Waals surface area contributed by atoms with Gasteiger partial charge in [-0.3, -0.25) is 4.98 Å². The quantitative estimate of drug-likeness (QED) is 0.845. The number of hydrogen-bond donors (Lipinski definition) is 1. The van der Waals surface area contributed by atoms with Crippen LogP contribution in [0.3, 0.4) is 0 Å². The van der Waals surface area contributed by atoms with Gasteiger partial charge in [-0.25, -0.2) is 0 Å². The summed E-state index contributed by atoms with van der Waals surface area (Å²) in [7, 11) is 1.69. The minimum absolute atomic E-state index is 0.807. The maximum Gasteiger partial charge on any atom is 0.137 e. The molecule has 2 heterocycles. The Kier molecular flexibility index (Phi) is 2.85. The molecule has 1 aromatic rings. The van der Waals surface area contributed by atoms with Gasteiger partial charge in [0.15, 0.2) is 0 Å². The van der Waals surface area contributed by atoms with Crippen LogP contribution in [0.1, 0.15) is 18.4 Å². The Labute approximate surface area is 102 Å². The van der Waals surface area contributed by atoms with E-state index in [-0.39, 0.29) is 0 Å². The molecule has 2 unspecified atom stereocenters. The van der Waals surface area contributed by atoms with Crippen molar-refractivity contribution in [3.63, 3.8) is 0 Å². The van der Waals surface area contributed by atoms with Gasteiger partial charge in [-0.1, -0.05) is 6.08 Å². The zero-order valence-corrected chi connectivity index (χ0v) is 10.1. The average Bonchev–Trinajstić information content (AvgIpc) is 2.86. The van der Waals surface area contributed by atoms with E-state index in [4.69, 9.17) is 4.74 Å². The van der Waals surface area contributed by atoms with Crippen LogP contribution < -0.4 is 10.1 Å². The molecule has 0 spiro atoms. The Hall–Kier alpha value is -1.35. The number of fused-ring (bicyclic) bond motifs is 1. The average molecular weight is 230 g/mol. The molecular formula is C14H18N2O. The fourth-order valence-corrected chi connectivity index (χ4v) is 2.90. The molecule has 1 aliphatic heterocycles. The first-order valence-electron chi connectivity index (χ1n) is 6.26. The Balaban J connectivity index is 1.84. The van der Waals surface area contributed by atoms with Crippen molar-refractivity contribution in [3.05, 3.63) is 30.1 Å². The summed E-state index contributed by atoms with van der Waals surface area (Å²) in [6, 6.07) is 2.08. The highest BCUT2D eigenvalue weighted by Crippen LogP contribution is 2.36. The van der Waals surface area contributed by atoms with Crippen molar-refractivity contribution >= 4 is 5.57 Å². The number of nitrogens with one attached hydrogen (secondary N) is 1. The topological polar surface area (TPSA) is 34.1 Å². The number of methoxy groups -OCH3 is 1. The van der Waals surface area contributed by atoms with Gasteiger partial charge in [0.1, 0.15) is 5.75 Å². The summed E-state index contributed by atoms with van der Waals surface area (Å²) in [5, 5.41) is 3.49. The van der Waals surface area contributed by atoms with Gasteiger partial charge >= 0.3 is 0 Å². The standard InChI is InChI=1S/C14H18N2O/c1-17-14-5-13(8-16-9-14)10-2-3-11-6-15-7-12(11)4-10/h2,5,8-9,11-12,15H,3-4,6-7H2,1H3. The van der Waals surface area contributed by atoms with Crippen molar-refractivity contribution in [2.75, 3.05) is 20.2 Å². The van der Waals surface area contributed by atoms with Crippen molar-refractivity contribution in [2.45, 2.75) is 12.8 Å². The van der Waals surface area contributed by atoms with E-state index in [0.717, 1.165) is 17.6 Å². The highest BCUT2D eigenvalue weighted by molar-refractivity contribution is 5.67. The maximum absolute atomic E-state index is 5.23. The third-order valence-corrected chi connectivity index (χ3v) is 3.95. The van der Waals surface area contributed by atoms with Gasteiger partial charge in [0.2, 0.25) is 0 Å². The number of pyridine rings is 1. The molecule has 90 valence electrons. The normalized spacial score (nSPS) is 27.5. The summed E-state index contributed by atoms with van der Waals surface area (Å²) in [5.74, 6) is 2.49. The Bertz CT molecular complexity index is 442. The van der Waals surface area contributed by atoms with E-state index in [1.54, 1.807) is 13.3 Å². The highest BCUT2D eigenvalue weighted by atomic mass is 16.5. The predicted octanol–water partition coefficient (Wildman–Crippen LogP) is 2.10. The summed E-state index contributed by atoms with van der Waals surface area (Å²) < 4.78 is 5.23. The van der Waals surface area contributed by atoms with E-state index in [2.05, 4.69) is 22.4 Å². The van der Waals surface area contributed by atoms with Crippen LogP contribution >= 0.6 is 0 Å². The lowest BCUT2D eigenvalue weighted by atomic mass is 9.80. The summed E-state index contributed by atoms with van der Waals surface area (Å²) in [6.07, 6.45) is 8.45. The van der Waals surface area contributed by atoms with E-state index >= 15 is 0 Å². The predicted molar refractivity (Wildman–Crippen MR) is 67.8 cm³/mol. The molecule has 0 radical (unpaired) electrons. The fraction of sp³-hybridized carbons (Fsp3) is 0.500. The third-order valence-electron chi connectivity index (χ3n) is 3.95. The zero-order chi connectivity index (χ0) is 11.7. The number of nitrogens with zero attached hydrogens (tertiary/aromatic N) is 1. The highest BCUT2D eigenvalue weighted by Gasteiger charge is 2.30. The summed E-state index contributed by atoms with van der Waals surface area (Å²) in [4.78, 5) is 4.23. The summed E-state index contributed by atoms with van der Waals surface area (Å²) in [6.45, 7) is 2.35. The molecule has 17 heavy (non-hydrogen) atoms. The molecule has 2 atom stereocenters. The zero-order valence-electron chi connectivity index (χ0n) is 10.1. The minimum atomic E-state index is 0.807. The van der Waals surface area contributed by atoms with Crippen LogP contribution in [0.25, 0.3) is 5.57 Å².